The van der Waals surface area contributed by atoms with Crippen LogP contribution in [0.5, 0.6) is 0 Å². The fourth-order valence-corrected chi connectivity index (χ4v) is 5.28. The highest BCUT2D eigenvalue weighted by Crippen LogP contribution is 2.34. The van der Waals surface area contributed by atoms with Gasteiger partial charge in [-0.2, -0.15) is 0 Å². The van der Waals surface area contributed by atoms with E-state index in [9.17, 15) is 34.1 Å². The number of ether oxygens (including phenoxy) is 5. The summed E-state index contributed by atoms with van der Waals surface area (Å²) in [5, 5.41) is 12.3. The zero-order valence-corrected chi connectivity index (χ0v) is 24.4. The molecule has 0 bridgehead atoms. The van der Waals surface area contributed by atoms with Crippen LogP contribution < -0.4 is 0 Å². The van der Waals surface area contributed by atoms with Crippen molar-refractivity contribution in [1.29, 1.82) is 0 Å². The lowest BCUT2D eigenvalue weighted by molar-refractivity contribution is -0.544. The van der Waals surface area contributed by atoms with Gasteiger partial charge in [-0.15, -0.1) is 0 Å². The van der Waals surface area contributed by atoms with Crippen LogP contribution in [0.1, 0.15) is 41.0 Å². The summed E-state index contributed by atoms with van der Waals surface area (Å²) in [4.78, 5) is 71.8. The molecule has 1 aliphatic rings. The molecule has 1 aliphatic carbocycles. The number of carbonyl (C=O) groups is 5. The molecule has 0 spiro atoms. The van der Waals surface area contributed by atoms with Crippen molar-refractivity contribution in [2.75, 3.05) is 6.61 Å². The molecule has 0 amide bonds. The zero-order chi connectivity index (χ0) is 30.1. The Morgan fingerprint density at radius 2 is 1.36 bits per heavy atom. The Labute approximate surface area is 227 Å². The summed E-state index contributed by atoms with van der Waals surface area (Å²) in [5.41, 5.74) is 0. The quantitative estimate of drug-likeness (QED) is 0.0773. The van der Waals surface area contributed by atoms with E-state index in [1.54, 1.807) is 12.2 Å². The van der Waals surface area contributed by atoms with Gasteiger partial charge in [-0.3, -0.25) is 34.1 Å². The van der Waals surface area contributed by atoms with E-state index in [1.165, 1.54) is 0 Å². The lowest BCUT2D eigenvalue weighted by atomic mass is 9.79. The minimum absolute atomic E-state index is 0.00187. The van der Waals surface area contributed by atoms with Gasteiger partial charge in [0, 0.05) is 39.5 Å². The Hall–Kier alpha value is -3.33. The van der Waals surface area contributed by atoms with E-state index in [0.29, 0.717) is 0 Å². The number of hydrogen-bond acceptors (Lipinski definition) is 13. The molecule has 1 unspecified atom stereocenters. The van der Waals surface area contributed by atoms with Crippen LogP contribution in [0, 0.1) is 16.0 Å². The van der Waals surface area contributed by atoms with Gasteiger partial charge in [0.25, 0.3) is 0 Å². The van der Waals surface area contributed by atoms with Crippen molar-refractivity contribution in [2.24, 2.45) is 5.92 Å². The lowest BCUT2D eigenvalue weighted by Crippen LogP contribution is -2.59. The monoisotopic (exact) mass is 575 g/mol. The van der Waals surface area contributed by atoms with Crippen LogP contribution >= 0.6 is 0 Å². The number of hydrogen-bond donors (Lipinski definition) is 0. The van der Waals surface area contributed by atoms with Crippen LogP contribution in [0.2, 0.25) is 19.6 Å². The lowest BCUT2D eigenvalue weighted by Gasteiger charge is -2.41. The molecule has 0 aromatic carbocycles. The molecule has 0 saturated heterocycles. The summed E-state index contributed by atoms with van der Waals surface area (Å²) in [6.07, 6.45) is -4.31. The van der Waals surface area contributed by atoms with Gasteiger partial charge in [-0.25, -0.2) is 0 Å². The Kier molecular flexibility index (Phi) is 12.7. The number of rotatable bonds is 13. The molecular weight excluding hydrogens is 538 g/mol. The van der Waals surface area contributed by atoms with Crippen molar-refractivity contribution >= 4 is 38.2 Å². The molecule has 0 radical (unpaired) electrons. The van der Waals surface area contributed by atoms with E-state index in [2.05, 4.69) is 0 Å². The number of carbonyl (C=O) groups excluding carboxylic acids is 5. The first-order valence-electron chi connectivity index (χ1n) is 12.2. The van der Waals surface area contributed by atoms with Gasteiger partial charge in [0.1, 0.15) is 12.7 Å². The molecule has 14 nitrogen and oxygen atoms in total. The summed E-state index contributed by atoms with van der Waals surface area (Å²) in [6, 6.07) is -1.46. The van der Waals surface area contributed by atoms with Gasteiger partial charge in [-0.1, -0.05) is 12.2 Å². The van der Waals surface area contributed by atoms with E-state index in [-0.39, 0.29) is 6.42 Å². The fraction of sp³-hybridized carbons (Fsp3) is 0.708. The fourth-order valence-electron chi connectivity index (χ4n) is 4.25. The van der Waals surface area contributed by atoms with Crippen molar-refractivity contribution < 1.29 is 57.0 Å². The van der Waals surface area contributed by atoms with Gasteiger partial charge < -0.3 is 28.1 Å². The van der Waals surface area contributed by atoms with Crippen LogP contribution in [0.15, 0.2) is 12.2 Å². The largest absolute Gasteiger partial charge is 0.462 e. The molecule has 0 heterocycles. The minimum atomic E-state index is -2.31. The summed E-state index contributed by atoms with van der Waals surface area (Å²) in [7, 11) is -2.31. The second kappa shape index (κ2) is 14.7. The van der Waals surface area contributed by atoms with Crippen LogP contribution in [0.3, 0.4) is 0 Å². The first kappa shape index (κ1) is 33.7. The van der Waals surface area contributed by atoms with Crippen LogP contribution in [-0.2, 0) is 52.1 Å². The molecular formula is C24H37NO13Si. The SMILES string of the molecule is CC(=O)OC[C@@H](OC(C)=O)[C@H](OC(C)=O)[C@H](OC(C)=O)C(OC(C)=O)[C@H]1CC=C[C@H](O[Si](C)(C)C)[C@@H]1[N+](=O)[O-]. The molecule has 0 fully saturated rings. The highest BCUT2D eigenvalue weighted by molar-refractivity contribution is 6.69. The maximum Gasteiger partial charge on any atom is 0.303 e. The molecule has 0 aromatic rings. The van der Waals surface area contributed by atoms with Crippen LogP contribution in [-0.4, -0.2) is 86.3 Å². The van der Waals surface area contributed by atoms with E-state index in [1.807, 2.05) is 19.6 Å². The summed E-state index contributed by atoms with van der Waals surface area (Å²) >= 11 is 0. The van der Waals surface area contributed by atoms with Gasteiger partial charge in [0.15, 0.2) is 32.7 Å². The number of allylic oxidation sites excluding steroid dienone is 1. The van der Waals surface area contributed by atoms with Gasteiger partial charge in [0.2, 0.25) is 6.04 Å². The van der Waals surface area contributed by atoms with Crippen LogP contribution in [0.4, 0.5) is 0 Å². The third kappa shape index (κ3) is 11.5. The average molecular weight is 576 g/mol. The third-order valence-electron chi connectivity index (χ3n) is 5.35. The molecule has 39 heavy (non-hydrogen) atoms. The Morgan fingerprint density at radius 3 is 1.79 bits per heavy atom. The minimum Gasteiger partial charge on any atom is -0.462 e. The average Bonchev–Trinajstić information content (AvgIpc) is 2.75. The molecule has 0 N–H and O–H groups in total. The maximum absolute atomic E-state index is 12.3. The smallest absolute Gasteiger partial charge is 0.303 e. The number of nitrogens with zero attached hydrogens (tertiary/aromatic N) is 1. The maximum atomic E-state index is 12.3. The first-order chi connectivity index (χ1) is 17.9. The van der Waals surface area contributed by atoms with Gasteiger partial charge in [0.05, 0.1) is 5.92 Å². The predicted octanol–water partition coefficient (Wildman–Crippen LogP) is 1.72. The number of nitro groups is 1. The Morgan fingerprint density at radius 1 is 0.846 bits per heavy atom. The normalized spacial score (nSPS) is 21.9. The topological polar surface area (TPSA) is 184 Å². The summed E-state index contributed by atoms with van der Waals surface area (Å²) < 4.78 is 32.6. The highest BCUT2D eigenvalue weighted by Gasteiger charge is 2.54. The van der Waals surface area contributed by atoms with Gasteiger partial charge >= 0.3 is 29.8 Å². The Bertz CT molecular complexity index is 960. The highest BCUT2D eigenvalue weighted by atomic mass is 28.4. The van der Waals surface area contributed by atoms with Crippen molar-refractivity contribution in [2.45, 2.75) is 97.2 Å². The van der Waals surface area contributed by atoms with Crippen molar-refractivity contribution in [1.82, 2.24) is 0 Å². The number of esters is 5. The predicted molar refractivity (Wildman–Crippen MR) is 135 cm³/mol. The third-order valence-corrected chi connectivity index (χ3v) is 6.33. The second-order valence-electron chi connectivity index (χ2n) is 9.97. The van der Waals surface area contributed by atoms with E-state index in [4.69, 9.17) is 28.1 Å². The van der Waals surface area contributed by atoms with E-state index < -0.39 is 92.2 Å². The molecule has 7 atom stereocenters. The summed E-state index contributed by atoms with van der Waals surface area (Å²) in [6.45, 7) is 10.2. The van der Waals surface area contributed by atoms with Gasteiger partial charge in [-0.05, 0) is 26.1 Å². The zero-order valence-electron chi connectivity index (χ0n) is 23.4. The molecule has 0 saturated carbocycles. The van der Waals surface area contributed by atoms with Crippen LogP contribution in [0.25, 0.3) is 0 Å². The summed E-state index contributed by atoms with van der Waals surface area (Å²) in [5.74, 6) is -5.45. The molecule has 15 heteroatoms. The van der Waals surface area contributed by atoms with E-state index >= 15 is 0 Å². The van der Waals surface area contributed by atoms with Crippen molar-refractivity contribution in [3.8, 4) is 0 Å². The molecule has 0 aromatic heterocycles. The standard InChI is InChI=1S/C24H37NO13Si/c1-13(26)33-12-20(34-14(2)27)23(36-16(4)29)24(37-17(5)30)22(35-15(3)28)18-10-9-11-19(21(18)25(31)32)38-39(6,7)8/h9,11,18-24H,10,12H2,1-8H3/t18-,19-,20+,21+,22?,23-,24+/m0/s1. The second-order valence-corrected chi connectivity index (χ2v) is 14.4. The van der Waals surface area contributed by atoms with Crippen molar-refractivity contribution in [3.05, 3.63) is 22.3 Å². The molecule has 220 valence electrons. The molecule has 0 aliphatic heterocycles. The first-order valence-corrected chi connectivity index (χ1v) is 15.6. The Balaban J connectivity index is 3.77. The molecule has 1 rings (SSSR count). The van der Waals surface area contributed by atoms with Crippen molar-refractivity contribution in [3.63, 3.8) is 0 Å². The van der Waals surface area contributed by atoms with E-state index in [0.717, 1.165) is 34.6 Å².